The van der Waals surface area contributed by atoms with Crippen LogP contribution in [0.4, 0.5) is 5.82 Å². The average molecular weight is 375 g/mol. The van der Waals surface area contributed by atoms with Crippen LogP contribution in [0.2, 0.25) is 0 Å². The first kappa shape index (κ1) is 17.7. The Kier molecular flexibility index (Phi) is 5.93. The second-order valence-corrected chi connectivity index (χ2v) is 6.91. The van der Waals surface area contributed by atoms with Gasteiger partial charge in [0.15, 0.2) is 0 Å². The van der Waals surface area contributed by atoms with Crippen molar-refractivity contribution < 1.29 is 9.53 Å². The maximum Gasteiger partial charge on any atom is 0.253 e. The Hall–Kier alpha value is -1.69. The highest BCUT2D eigenvalue weighted by Gasteiger charge is 2.34. The number of nitrogens with zero attached hydrogens (tertiary/aromatic N) is 1. The van der Waals surface area contributed by atoms with Gasteiger partial charge in [0.1, 0.15) is 17.7 Å². The highest BCUT2D eigenvalue weighted by molar-refractivity contribution is 6.68. The van der Waals surface area contributed by atoms with Gasteiger partial charge in [0.2, 0.25) is 3.79 Å². The number of amides is 1. The van der Waals surface area contributed by atoms with Gasteiger partial charge in [-0.25, -0.2) is 4.98 Å². The zero-order valence-electron chi connectivity index (χ0n) is 12.1. The van der Waals surface area contributed by atoms with Crippen molar-refractivity contribution in [2.45, 2.75) is 9.96 Å². The standard InChI is InChI=1S/C15H14Cl3N3O2/c1-23-11-6-4-5-10(9-11)13(22)21-14(15(16,17)18)20-12-7-2-3-8-19-12/h2-9,14H,1H3,(H,19,20)(H,21,22)/t14-/m0/s1. The fourth-order valence-corrected chi connectivity index (χ4v) is 2.10. The molecule has 0 aliphatic rings. The molecule has 1 aromatic carbocycles. The maximum absolute atomic E-state index is 12.4. The molecular weight excluding hydrogens is 361 g/mol. The number of nitrogens with one attached hydrogen (secondary N) is 2. The molecule has 0 bridgehead atoms. The summed E-state index contributed by atoms with van der Waals surface area (Å²) in [7, 11) is 1.52. The smallest absolute Gasteiger partial charge is 0.253 e. The average Bonchev–Trinajstić information content (AvgIpc) is 2.54. The third-order valence-electron chi connectivity index (χ3n) is 2.89. The number of carbonyl (C=O) groups is 1. The van der Waals surface area contributed by atoms with Crippen molar-refractivity contribution in [2.24, 2.45) is 0 Å². The summed E-state index contributed by atoms with van der Waals surface area (Å²) in [6, 6.07) is 11.9. The molecular formula is C15H14Cl3N3O2. The summed E-state index contributed by atoms with van der Waals surface area (Å²) in [6.07, 6.45) is 0.614. The number of ether oxygens (including phenoxy) is 1. The van der Waals surface area contributed by atoms with E-state index in [1.807, 2.05) is 0 Å². The summed E-state index contributed by atoms with van der Waals surface area (Å²) in [5.41, 5.74) is 0.381. The lowest BCUT2D eigenvalue weighted by molar-refractivity contribution is 0.0941. The SMILES string of the molecule is COc1cccc(C(=O)N[C@H](Nc2ccccn2)C(Cl)(Cl)Cl)c1. The lowest BCUT2D eigenvalue weighted by Crippen LogP contribution is -2.49. The van der Waals surface area contributed by atoms with Crippen LogP contribution in [-0.2, 0) is 0 Å². The molecule has 0 saturated carbocycles. The molecule has 0 saturated heterocycles. The lowest BCUT2D eigenvalue weighted by Gasteiger charge is -2.27. The zero-order chi connectivity index (χ0) is 16.9. The highest BCUT2D eigenvalue weighted by Crippen LogP contribution is 2.31. The monoisotopic (exact) mass is 373 g/mol. The Bertz CT molecular complexity index is 663. The molecule has 2 rings (SSSR count). The molecule has 1 atom stereocenters. The number of anilines is 1. The van der Waals surface area contributed by atoms with Gasteiger partial charge in [-0.1, -0.05) is 46.9 Å². The van der Waals surface area contributed by atoms with Crippen LogP contribution in [0.25, 0.3) is 0 Å². The van der Waals surface area contributed by atoms with Crippen LogP contribution in [0.5, 0.6) is 5.75 Å². The van der Waals surface area contributed by atoms with Crippen LogP contribution in [0.3, 0.4) is 0 Å². The van der Waals surface area contributed by atoms with Crippen LogP contribution in [0, 0.1) is 0 Å². The number of pyridine rings is 1. The minimum atomic E-state index is -1.77. The van der Waals surface area contributed by atoms with E-state index in [0.29, 0.717) is 17.1 Å². The fraction of sp³-hybridized carbons (Fsp3) is 0.200. The van der Waals surface area contributed by atoms with Gasteiger partial charge in [-0.2, -0.15) is 0 Å². The van der Waals surface area contributed by atoms with Gasteiger partial charge in [-0.15, -0.1) is 0 Å². The van der Waals surface area contributed by atoms with E-state index in [2.05, 4.69) is 15.6 Å². The minimum Gasteiger partial charge on any atom is -0.497 e. The lowest BCUT2D eigenvalue weighted by atomic mass is 10.2. The fourth-order valence-electron chi connectivity index (χ4n) is 1.77. The Morgan fingerprint density at radius 1 is 1.22 bits per heavy atom. The summed E-state index contributed by atoms with van der Waals surface area (Å²) < 4.78 is 3.32. The molecule has 0 aliphatic carbocycles. The molecule has 1 heterocycles. The van der Waals surface area contributed by atoms with Crippen molar-refractivity contribution in [3.8, 4) is 5.75 Å². The van der Waals surface area contributed by atoms with Crippen LogP contribution in [0.1, 0.15) is 10.4 Å². The first-order valence-corrected chi connectivity index (χ1v) is 7.73. The third kappa shape index (κ3) is 5.16. The molecule has 1 aromatic heterocycles. The summed E-state index contributed by atoms with van der Waals surface area (Å²) in [5.74, 6) is 0.610. The molecule has 8 heteroatoms. The molecule has 122 valence electrons. The third-order valence-corrected chi connectivity index (χ3v) is 3.55. The second kappa shape index (κ2) is 7.73. The number of alkyl halides is 3. The first-order valence-electron chi connectivity index (χ1n) is 6.59. The van der Waals surface area contributed by atoms with E-state index in [1.165, 1.54) is 7.11 Å². The number of carbonyl (C=O) groups excluding carboxylic acids is 1. The molecule has 2 N–H and O–H groups in total. The van der Waals surface area contributed by atoms with Crippen LogP contribution >= 0.6 is 34.8 Å². The van der Waals surface area contributed by atoms with Gasteiger partial charge in [0.25, 0.3) is 5.91 Å². The van der Waals surface area contributed by atoms with E-state index in [0.717, 1.165) is 0 Å². The van der Waals surface area contributed by atoms with Crippen molar-refractivity contribution >= 4 is 46.5 Å². The molecule has 0 fully saturated rings. The Balaban J connectivity index is 2.15. The zero-order valence-corrected chi connectivity index (χ0v) is 14.4. The molecule has 23 heavy (non-hydrogen) atoms. The Morgan fingerprint density at radius 2 is 2.00 bits per heavy atom. The van der Waals surface area contributed by atoms with E-state index in [1.54, 1.807) is 48.7 Å². The number of benzene rings is 1. The predicted octanol–water partition coefficient (Wildman–Crippen LogP) is 3.63. The van der Waals surface area contributed by atoms with E-state index in [-0.39, 0.29) is 0 Å². The normalized spacial score (nSPS) is 12.3. The van der Waals surface area contributed by atoms with Gasteiger partial charge >= 0.3 is 0 Å². The van der Waals surface area contributed by atoms with Crippen molar-refractivity contribution in [3.05, 3.63) is 54.2 Å². The van der Waals surface area contributed by atoms with Gasteiger partial charge in [0, 0.05) is 11.8 Å². The molecule has 1 amide bonds. The number of hydrogen-bond donors (Lipinski definition) is 2. The van der Waals surface area contributed by atoms with Gasteiger partial charge < -0.3 is 15.4 Å². The summed E-state index contributed by atoms with van der Waals surface area (Å²) >= 11 is 17.8. The van der Waals surface area contributed by atoms with Crippen LogP contribution in [0.15, 0.2) is 48.7 Å². The molecule has 2 aromatic rings. The molecule has 0 spiro atoms. The quantitative estimate of drug-likeness (QED) is 0.620. The van der Waals surface area contributed by atoms with Crippen molar-refractivity contribution in [1.82, 2.24) is 10.3 Å². The second-order valence-electron chi connectivity index (χ2n) is 4.54. The number of hydrogen-bond acceptors (Lipinski definition) is 4. The molecule has 0 unspecified atom stereocenters. The number of aromatic nitrogens is 1. The van der Waals surface area contributed by atoms with Gasteiger partial charge in [0.05, 0.1) is 7.11 Å². The number of rotatable bonds is 5. The molecule has 0 aliphatic heterocycles. The highest BCUT2D eigenvalue weighted by atomic mass is 35.6. The Labute approximate surface area is 148 Å². The van der Waals surface area contributed by atoms with Crippen molar-refractivity contribution in [3.63, 3.8) is 0 Å². The van der Waals surface area contributed by atoms with E-state index in [9.17, 15) is 4.79 Å². The summed E-state index contributed by atoms with van der Waals surface area (Å²) in [6.45, 7) is 0. The van der Waals surface area contributed by atoms with Crippen LogP contribution < -0.4 is 15.4 Å². The van der Waals surface area contributed by atoms with E-state index >= 15 is 0 Å². The number of halogens is 3. The largest absolute Gasteiger partial charge is 0.497 e. The Morgan fingerprint density at radius 3 is 2.61 bits per heavy atom. The van der Waals surface area contributed by atoms with Gasteiger partial charge in [-0.05, 0) is 30.3 Å². The van der Waals surface area contributed by atoms with Crippen LogP contribution in [-0.4, -0.2) is 28.0 Å². The maximum atomic E-state index is 12.4. The van der Waals surface area contributed by atoms with Gasteiger partial charge in [-0.3, -0.25) is 4.79 Å². The van der Waals surface area contributed by atoms with Crippen molar-refractivity contribution in [1.29, 1.82) is 0 Å². The predicted molar refractivity (Wildman–Crippen MR) is 92.4 cm³/mol. The first-order chi connectivity index (χ1) is 10.9. The number of methoxy groups -OCH3 is 1. The summed E-state index contributed by atoms with van der Waals surface area (Å²) in [4.78, 5) is 16.4. The van der Waals surface area contributed by atoms with Crippen molar-refractivity contribution in [2.75, 3.05) is 12.4 Å². The molecule has 0 radical (unpaired) electrons. The molecule has 5 nitrogen and oxygen atoms in total. The summed E-state index contributed by atoms with van der Waals surface area (Å²) in [5, 5.41) is 5.51. The van der Waals surface area contributed by atoms with E-state index < -0.39 is 15.9 Å². The topological polar surface area (TPSA) is 63.2 Å². The minimum absolute atomic E-state index is 0.381. The van der Waals surface area contributed by atoms with E-state index in [4.69, 9.17) is 39.5 Å².